The van der Waals surface area contributed by atoms with Crippen LogP contribution in [0.4, 0.5) is 10.5 Å². The lowest BCUT2D eigenvalue weighted by Gasteiger charge is -2.24. The first-order valence-corrected chi connectivity index (χ1v) is 8.22. The minimum atomic E-state index is -0.115. The number of urea groups is 1. The molecule has 24 heavy (non-hydrogen) atoms. The van der Waals surface area contributed by atoms with Gasteiger partial charge >= 0.3 is 6.03 Å². The zero-order chi connectivity index (χ0) is 17.5. The van der Waals surface area contributed by atoms with Crippen LogP contribution in [0.2, 0.25) is 0 Å². The van der Waals surface area contributed by atoms with Crippen LogP contribution in [0.5, 0.6) is 0 Å². The third-order valence-corrected chi connectivity index (χ3v) is 3.83. The molecule has 1 aromatic carbocycles. The standard InChI is InChI=1S/C18H26N4O2/c1-5-22(17-8-6-7-14(2)11-17)10-9-19-18(23)21(4)13-16-12-15(3)24-20-16/h6-8,11-12H,5,9-10,13H2,1-4H3,(H,19,23). The van der Waals surface area contributed by atoms with Crippen LogP contribution >= 0.6 is 0 Å². The van der Waals surface area contributed by atoms with Gasteiger partial charge in [-0.3, -0.25) is 0 Å². The molecule has 0 aliphatic carbocycles. The molecule has 0 saturated carbocycles. The average Bonchev–Trinajstić information content (AvgIpc) is 2.96. The number of carbonyl (C=O) groups excluding carboxylic acids is 1. The predicted molar refractivity (Wildman–Crippen MR) is 95.2 cm³/mol. The molecule has 2 amide bonds. The lowest BCUT2D eigenvalue weighted by atomic mass is 10.2. The molecular weight excluding hydrogens is 304 g/mol. The Bertz CT molecular complexity index is 669. The van der Waals surface area contributed by atoms with Crippen LogP contribution in [0, 0.1) is 13.8 Å². The highest BCUT2D eigenvalue weighted by Crippen LogP contribution is 2.15. The van der Waals surface area contributed by atoms with Gasteiger partial charge in [-0.25, -0.2) is 4.79 Å². The van der Waals surface area contributed by atoms with Gasteiger partial charge in [-0.05, 0) is 38.5 Å². The number of likely N-dealkylation sites (N-methyl/N-ethyl adjacent to an activating group) is 1. The molecule has 6 nitrogen and oxygen atoms in total. The van der Waals surface area contributed by atoms with Crippen molar-refractivity contribution in [3.05, 3.63) is 47.3 Å². The Balaban J connectivity index is 1.80. The summed E-state index contributed by atoms with van der Waals surface area (Å²) in [4.78, 5) is 16.0. The molecule has 0 atom stereocenters. The summed E-state index contributed by atoms with van der Waals surface area (Å²) < 4.78 is 5.02. The molecule has 1 aromatic heterocycles. The first-order chi connectivity index (χ1) is 11.5. The molecule has 2 aromatic rings. The molecule has 0 aliphatic heterocycles. The molecule has 6 heteroatoms. The predicted octanol–water partition coefficient (Wildman–Crippen LogP) is 2.96. The number of amides is 2. The van der Waals surface area contributed by atoms with Gasteiger partial charge in [0.25, 0.3) is 0 Å². The van der Waals surface area contributed by atoms with Crippen molar-refractivity contribution >= 4 is 11.7 Å². The Morgan fingerprint density at radius 2 is 2.08 bits per heavy atom. The quantitative estimate of drug-likeness (QED) is 0.848. The van der Waals surface area contributed by atoms with Crippen molar-refractivity contribution in [2.45, 2.75) is 27.3 Å². The van der Waals surface area contributed by atoms with Gasteiger partial charge in [-0.2, -0.15) is 0 Å². The monoisotopic (exact) mass is 330 g/mol. The zero-order valence-electron chi connectivity index (χ0n) is 14.9. The minimum absolute atomic E-state index is 0.115. The number of rotatable bonds is 7. The van der Waals surface area contributed by atoms with E-state index in [0.29, 0.717) is 13.1 Å². The Morgan fingerprint density at radius 3 is 2.71 bits per heavy atom. The Morgan fingerprint density at radius 1 is 1.29 bits per heavy atom. The average molecular weight is 330 g/mol. The second kappa shape index (κ2) is 8.38. The number of nitrogens with zero attached hydrogens (tertiary/aromatic N) is 3. The molecule has 0 fully saturated rings. The Hall–Kier alpha value is -2.50. The minimum Gasteiger partial charge on any atom is -0.370 e. The number of nitrogens with one attached hydrogen (secondary N) is 1. The summed E-state index contributed by atoms with van der Waals surface area (Å²) in [5.41, 5.74) is 3.16. The van der Waals surface area contributed by atoms with Crippen molar-refractivity contribution in [1.82, 2.24) is 15.4 Å². The number of hydrogen-bond acceptors (Lipinski definition) is 4. The first-order valence-electron chi connectivity index (χ1n) is 8.22. The smallest absolute Gasteiger partial charge is 0.317 e. The summed E-state index contributed by atoms with van der Waals surface area (Å²) in [5.74, 6) is 0.746. The van der Waals surface area contributed by atoms with Crippen molar-refractivity contribution in [2.24, 2.45) is 0 Å². The number of benzene rings is 1. The van der Waals surface area contributed by atoms with Crippen LogP contribution in [-0.2, 0) is 6.54 Å². The van der Waals surface area contributed by atoms with E-state index < -0.39 is 0 Å². The molecule has 1 heterocycles. The van der Waals surface area contributed by atoms with Crippen molar-refractivity contribution in [3.8, 4) is 0 Å². The maximum atomic E-state index is 12.2. The van der Waals surface area contributed by atoms with Gasteiger partial charge in [-0.1, -0.05) is 17.3 Å². The summed E-state index contributed by atoms with van der Waals surface area (Å²) >= 11 is 0. The van der Waals surface area contributed by atoms with Crippen molar-refractivity contribution in [2.75, 3.05) is 31.6 Å². The molecule has 2 rings (SSSR count). The second-order valence-corrected chi connectivity index (χ2v) is 5.94. The highest BCUT2D eigenvalue weighted by atomic mass is 16.5. The van der Waals surface area contributed by atoms with E-state index in [1.807, 2.05) is 13.0 Å². The Labute approximate surface area is 143 Å². The van der Waals surface area contributed by atoms with Gasteiger partial charge in [0.1, 0.15) is 11.5 Å². The fraction of sp³-hybridized carbons (Fsp3) is 0.444. The Kier molecular flexibility index (Phi) is 6.23. The molecule has 0 unspecified atom stereocenters. The van der Waals surface area contributed by atoms with E-state index in [0.717, 1.165) is 24.5 Å². The van der Waals surface area contributed by atoms with Crippen molar-refractivity contribution in [3.63, 3.8) is 0 Å². The van der Waals surface area contributed by atoms with E-state index in [4.69, 9.17) is 4.52 Å². The van der Waals surface area contributed by atoms with Crippen molar-refractivity contribution < 1.29 is 9.32 Å². The van der Waals surface area contributed by atoms with Crippen molar-refractivity contribution in [1.29, 1.82) is 0 Å². The fourth-order valence-electron chi connectivity index (χ4n) is 2.53. The number of anilines is 1. The first kappa shape index (κ1) is 17.8. The van der Waals surface area contributed by atoms with Gasteiger partial charge in [0.15, 0.2) is 0 Å². The normalized spacial score (nSPS) is 10.5. The van der Waals surface area contributed by atoms with Crippen LogP contribution < -0.4 is 10.2 Å². The maximum Gasteiger partial charge on any atom is 0.317 e. The highest BCUT2D eigenvalue weighted by Gasteiger charge is 2.12. The number of aryl methyl sites for hydroxylation is 2. The molecule has 0 spiro atoms. The SMILES string of the molecule is CCN(CCNC(=O)N(C)Cc1cc(C)on1)c1cccc(C)c1. The van der Waals surface area contributed by atoms with Gasteiger partial charge in [0, 0.05) is 38.4 Å². The van der Waals surface area contributed by atoms with Crippen LogP contribution in [0.15, 0.2) is 34.9 Å². The summed E-state index contributed by atoms with van der Waals surface area (Å²) in [6.45, 7) is 8.71. The van der Waals surface area contributed by atoms with Crippen LogP contribution in [0.3, 0.4) is 0 Å². The largest absolute Gasteiger partial charge is 0.370 e. The van der Waals surface area contributed by atoms with Gasteiger partial charge in [0.05, 0.1) is 6.54 Å². The van der Waals surface area contributed by atoms with E-state index in [1.54, 1.807) is 11.9 Å². The molecular formula is C18H26N4O2. The van der Waals surface area contributed by atoms with E-state index >= 15 is 0 Å². The number of aromatic nitrogens is 1. The molecule has 0 aliphatic rings. The maximum absolute atomic E-state index is 12.2. The summed E-state index contributed by atoms with van der Waals surface area (Å²) in [6.07, 6.45) is 0. The summed E-state index contributed by atoms with van der Waals surface area (Å²) in [6, 6.07) is 10.1. The van der Waals surface area contributed by atoms with Gasteiger partial charge < -0.3 is 19.6 Å². The molecule has 0 saturated heterocycles. The molecule has 130 valence electrons. The molecule has 0 radical (unpaired) electrons. The van der Waals surface area contributed by atoms with E-state index in [1.165, 1.54) is 11.3 Å². The van der Waals surface area contributed by atoms with Crippen LogP contribution in [-0.4, -0.2) is 42.8 Å². The van der Waals surface area contributed by atoms with Gasteiger partial charge in [-0.15, -0.1) is 0 Å². The van der Waals surface area contributed by atoms with E-state index in [2.05, 4.69) is 53.5 Å². The third kappa shape index (κ3) is 5.01. The summed E-state index contributed by atoms with van der Waals surface area (Å²) in [7, 11) is 1.75. The molecule has 0 bridgehead atoms. The zero-order valence-corrected chi connectivity index (χ0v) is 14.9. The van der Waals surface area contributed by atoms with Gasteiger partial charge in [0.2, 0.25) is 0 Å². The lowest BCUT2D eigenvalue weighted by molar-refractivity contribution is 0.206. The number of carbonyl (C=O) groups is 1. The van der Waals surface area contributed by atoms with E-state index in [-0.39, 0.29) is 6.03 Å². The lowest BCUT2D eigenvalue weighted by Crippen LogP contribution is -2.41. The highest BCUT2D eigenvalue weighted by molar-refractivity contribution is 5.73. The third-order valence-electron chi connectivity index (χ3n) is 3.83. The number of hydrogen-bond donors (Lipinski definition) is 1. The summed E-state index contributed by atoms with van der Waals surface area (Å²) in [5, 5.41) is 6.85. The van der Waals surface area contributed by atoms with Crippen LogP contribution in [0.1, 0.15) is 23.9 Å². The fourth-order valence-corrected chi connectivity index (χ4v) is 2.53. The second-order valence-electron chi connectivity index (χ2n) is 5.94. The van der Waals surface area contributed by atoms with E-state index in [9.17, 15) is 4.79 Å². The molecule has 1 N–H and O–H groups in total. The topological polar surface area (TPSA) is 61.6 Å². The van der Waals surface area contributed by atoms with Crippen LogP contribution in [0.25, 0.3) is 0 Å².